The number of methoxy groups -OCH3 is 2. The molecule has 1 aromatic carbocycles. The van der Waals surface area contributed by atoms with Crippen LogP contribution in [-0.2, 0) is 9.53 Å². The fourth-order valence-corrected chi connectivity index (χ4v) is 1.89. The molecule has 0 aliphatic carbocycles. The molecule has 0 amide bonds. The molecule has 5 nitrogen and oxygen atoms in total. The van der Waals surface area contributed by atoms with E-state index in [-0.39, 0.29) is 18.5 Å². The monoisotopic (exact) mass is 266 g/mol. The predicted octanol–water partition coefficient (Wildman–Crippen LogP) is 2.18. The van der Waals surface area contributed by atoms with Crippen LogP contribution in [0.1, 0.15) is 35.7 Å². The third-order valence-electron chi connectivity index (χ3n) is 2.77. The summed E-state index contributed by atoms with van der Waals surface area (Å²) in [5.74, 6) is 0.557. The van der Waals surface area contributed by atoms with Crippen LogP contribution in [0, 0.1) is 0 Å². The highest BCUT2D eigenvalue weighted by Gasteiger charge is 2.21. The Bertz CT molecular complexity index is 467. The highest BCUT2D eigenvalue weighted by Crippen LogP contribution is 2.37. The Labute approximate surface area is 112 Å². The first kappa shape index (κ1) is 15.0. The summed E-state index contributed by atoms with van der Waals surface area (Å²) in [5.41, 5.74) is 1.16. The third kappa shape index (κ3) is 3.47. The zero-order valence-corrected chi connectivity index (χ0v) is 11.6. The number of carbonyl (C=O) groups is 2. The van der Waals surface area contributed by atoms with E-state index in [0.29, 0.717) is 17.1 Å². The SMILES string of the molecule is COc1ccc(C=O)c(OC)c1C(C)COC(C)=O. The molecule has 0 aliphatic heterocycles. The zero-order valence-electron chi connectivity index (χ0n) is 11.6. The lowest BCUT2D eigenvalue weighted by molar-refractivity contribution is -0.141. The van der Waals surface area contributed by atoms with Crippen LogP contribution >= 0.6 is 0 Å². The van der Waals surface area contributed by atoms with Crippen molar-refractivity contribution in [3.8, 4) is 11.5 Å². The third-order valence-corrected chi connectivity index (χ3v) is 2.77. The fraction of sp³-hybridized carbons (Fsp3) is 0.429. The second kappa shape index (κ2) is 6.78. The van der Waals surface area contributed by atoms with Crippen LogP contribution in [0.15, 0.2) is 12.1 Å². The van der Waals surface area contributed by atoms with Gasteiger partial charge >= 0.3 is 5.97 Å². The summed E-state index contributed by atoms with van der Waals surface area (Å²) in [5, 5.41) is 0. The van der Waals surface area contributed by atoms with Crippen molar-refractivity contribution >= 4 is 12.3 Å². The van der Waals surface area contributed by atoms with Gasteiger partial charge in [0.25, 0.3) is 0 Å². The van der Waals surface area contributed by atoms with E-state index in [4.69, 9.17) is 14.2 Å². The molecule has 0 heterocycles. The molecule has 0 saturated carbocycles. The van der Waals surface area contributed by atoms with Crippen LogP contribution in [0.4, 0.5) is 0 Å². The Morgan fingerprint density at radius 1 is 1.32 bits per heavy atom. The van der Waals surface area contributed by atoms with Crippen molar-refractivity contribution < 1.29 is 23.8 Å². The summed E-state index contributed by atoms with van der Waals surface area (Å²) in [7, 11) is 3.03. The standard InChI is InChI=1S/C14H18O5/c1-9(8-19-10(2)16)13-12(17-3)6-5-11(7-15)14(13)18-4/h5-7,9H,8H2,1-4H3. The number of rotatable bonds is 6. The Morgan fingerprint density at radius 3 is 2.47 bits per heavy atom. The van der Waals surface area contributed by atoms with Crippen LogP contribution in [0.2, 0.25) is 0 Å². The lowest BCUT2D eigenvalue weighted by Gasteiger charge is -2.19. The number of aldehydes is 1. The average molecular weight is 266 g/mol. The molecular weight excluding hydrogens is 248 g/mol. The molecule has 0 spiro atoms. The van der Waals surface area contributed by atoms with E-state index in [1.807, 2.05) is 6.92 Å². The molecular formula is C14H18O5. The van der Waals surface area contributed by atoms with Gasteiger partial charge in [0.2, 0.25) is 0 Å². The maximum atomic E-state index is 11.0. The van der Waals surface area contributed by atoms with Gasteiger partial charge in [-0.3, -0.25) is 9.59 Å². The second-order valence-electron chi connectivity index (χ2n) is 4.13. The quantitative estimate of drug-likeness (QED) is 0.583. The molecule has 0 N–H and O–H groups in total. The summed E-state index contributed by atoms with van der Waals surface area (Å²) < 4.78 is 15.6. The van der Waals surface area contributed by atoms with E-state index < -0.39 is 0 Å². The normalized spacial score (nSPS) is 11.6. The fourth-order valence-electron chi connectivity index (χ4n) is 1.89. The number of carbonyl (C=O) groups excluding carboxylic acids is 2. The Kier molecular flexibility index (Phi) is 5.36. The zero-order chi connectivity index (χ0) is 14.4. The molecule has 0 radical (unpaired) electrons. The first-order valence-electron chi connectivity index (χ1n) is 5.88. The van der Waals surface area contributed by atoms with Gasteiger partial charge in [-0.05, 0) is 12.1 Å². The molecule has 0 bridgehead atoms. The molecule has 0 saturated heterocycles. The van der Waals surface area contributed by atoms with Gasteiger partial charge in [-0.1, -0.05) is 6.92 Å². The van der Waals surface area contributed by atoms with Crippen LogP contribution in [0.25, 0.3) is 0 Å². The first-order chi connectivity index (χ1) is 9.04. The van der Waals surface area contributed by atoms with Gasteiger partial charge in [-0.15, -0.1) is 0 Å². The summed E-state index contributed by atoms with van der Waals surface area (Å²) in [4.78, 5) is 21.9. The highest BCUT2D eigenvalue weighted by atomic mass is 16.5. The van der Waals surface area contributed by atoms with E-state index in [1.165, 1.54) is 21.1 Å². The first-order valence-corrected chi connectivity index (χ1v) is 5.88. The van der Waals surface area contributed by atoms with E-state index in [1.54, 1.807) is 12.1 Å². The minimum absolute atomic E-state index is 0.145. The molecule has 1 rings (SSSR count). The molecule has 1 aromatic rings. The van der Waals surface area contributed by atoms with Gasteiger partial charge in [-0.25, -0.2) is 0 Å². The maximum Gasteiger partial charge on any atom is 0.302 e. The maximum absolute atomic E-state index is 11.0. The number of benzene rings is 1. The van der Waals surface area contributed by atoms with Crippen molar-refractivity contribution in [1.29, 1.82) is 0 Å². The largest absolute Gasteiger partial charge is 0.496 e. The molecule has 1 unspecified atom stereocenters. The van der Waals surface area contributed by atoms with E-state index in [9.17, 15) is 9.59 Å². The van der Waals surface area contributed by atoms with Gasteiger partial charge in [0.15, 0.2) is 6.29 Å². The van der Waals surface area contributed by atoms with Crippen molar-refractivity contribution in [2.75, 3.05) is 20.8 Å². The molecule has 1 atom stereocenters. The number of hydrogen-bond acceptors (Lipinski definition) is 5. The average Bonchev–Trinajstić information content (AvgIpc) is 2.42. The number of esters is 1. The molecule has 19 heavy (non-hydrogen) atoms. The number of ether oxygens (including phenoxy) is 3. The number of hydrogen-bond donors (Lipinski definition) is 0. The molecule has 0 fully saturated rings. The Balaban J connectivity index is 3.20. The summed E-state index contributed by atoms with van der Waals surface area (Å²) in [6.45, 7) is 3.42. The molecule has 5 heteroatoms. The van der Waals surface area contributed by atoms with Crippen LogP contribution < -0.4 is 9.47 Å². The predicted molar refractivity (Wildman–Crippen MR) is 70.0 cm³/mol. The smallest absolute Gasteiger partial charge is 0.302 e. The van der Waals surface area contributed by atoms with Gasteiger partial charge in [-0.2, -0.15) is 0 Å². The van der Waals surface area contributed by atoms with Crippen molar-refractivity contribution in [3.05, 3.63) is 23.3 Å². The van der Waals surface area contributed by atoms with Crippen molar-refractivity contribution in [1.82, 2.24) is 0 Å². The van der Waals surface area contributed by atoms with E-state index in [0.717, 1.165) is 11.8 Å². The van der Waals surface area contributed by atoms with Gasteiger partial charge in [0.05, 0.1) is 26.4 Å². The highest BCUT2D eigenvalue weighted by molar-refractivity contribution is 5.81. The van der Waals surface area contributed by atoms with Crippen LogP contribution in [-0.4, -0.2) is 33.1 Å². The van der Waals surface area contributed by atoms with Crippen LogP contribution in [0.5, 0.6) is 11.5 Å². The van der Waals surface area contributed by atoms with Crippen molar-refractivity contribution in [3.63, 3.8) is 0 Å². The van der Waals surface area contributed by atoms with Crippen molar-refractivity contribution in [2.24, 2.45) is 0 Å². The summed E-state index contributed by atoms with van der Waals surface area (Å²) >= 11 is 0. The lowest BCUT2D eigenvalue weighted by atomic mass is 9.97. The minimum atomic E-state index is -0.351. The molecule has 104 valence electrons. The lowest BCUT2D eigenvalue weighted by Crippen LogP contribution is -2.11. The molecule has 0 aromatic heterocycles. The second-order valence-corrected chi connectivity index (χ2v) is 4.13. The Morgan fingerprint density at radius 2 is 2.00 bits per heavy atom. The van der Waals surface area contributed by atoms with Gasteiger partial charge < -0.3 is 14.2 Å². The van der Waals surface area contributed by atoms with Gasteiger partial charge in [0.1, 0.15) is 11.5 Å². The molecule has 0 aliphatic rings. The van der Waals surface area contributed by atoms with Gasteiger partial charge in [0, 0.05) is 18.4 Å². The Hall–Kier alpha value is -2.04. The topological polar surface area (TPSA) is 61.8 Å². The minimum Gasteiger partial charge on any atom is -0.496 e. The summed E-state index contributed by atoms with van der Waals surface area (Å²) in [6.07, 6.45) is 0.723. The van der Waals surface area contributed by atoms with E-state index >= 15 is 0 Å². The van der Waals surface area contributed by atoms with Crippen molar-refractivity contribution in [2.45, 2.75) is 19.8 Å². The van der Waals surface area contributed by atoms with Crippen LogP contribution in [0.3, 0.4) is 0 Å². The summed E-state index contributed by atoms with van der Waals surface area (Å²) in [6, 6.07) is 3.33. The van der Waals surface area contributed by atoms with E-state index in [2.05, 4.69) is 0 Å².